The molecule has 0 heterocycles. The lowest BCUT2D eigenvalue weighted by atomic mass is 10.0. The molecular formula is C22H27FN2O2. The Bertz CT molecular complexity index is 745. The van der Waals surface area contributed by atoms with E-state index in [9.17, 15) is 14.0 Å². The van der Waals surface area contributed by atoms with Crippen LogP contribution in [0.25, 0.3) is 0 Å². The molecular weight excluding hydrogens is 343 g/mol. The summed E-state index contributed by atoms with van der Waals surface area (Å²) in [6.45, 7) is 6.30. The molecule has 4 nitrogen and oxygen atoms in total. The van der Waals surface area contributed by atoms with E-state index in [0.717, 1.165) is 11.1 Å². The summed E-state index contributed by atoms with van der Waals surface area (Å²) in [7, 11) is 0. The van der Waals surface area contributed by atoms with Crippen LogP contribution in [-0.4, -0.2) is 29.3 Å². The van der Waals surface area contributed by atoms with E-state index in [-0.39, 0.29) is 24.2 Å². The topological polar surface area (TPSA) is 49.4 Å². The van der Waals surface area contributed by atoms with Crippen molar-refractivity contribution in [3.8, 4) is 0 Å². The first kappa shape index (κ1) is 20.6. The van der Waals surface area contributed by atoms with Crippen molar-refractivity contribution in [2.24, 2.45) is 5.92 Å². The van der Waals surface area contributed by atoms with Gasteiger partial charge < -0.3 is 10.2 Å². The van der Waals surface area contributed by atoms with Crippen molar-refractivity contribution >= 4 is 11.8 Å². The van der Waals surface area contributed by atoms with Crippen LogP contribution in [0.2, 0.25) is 0 Å². The summed E-state index contributed by atoms with van der Waals surface area (Å²) in [5.74, 6) is -0.386. The number of hydrogen-bond donors (Lipinski definition) is 1. The molecule has 0 fully saturated rings. The van der Waals surface area contributed by atoms with Gasteiger partial charge in [0.1, 0.15) is 11.9 Å². The molecule has 144 valence electrons. The van der Waals surface area contributed by atoms with Gasteiger partial charge in [0.15, 0.2) is 0 Å². The second-order valence-electron chi connectivity index (χ2n) is 7.12. The zero-order chi connectivity index (χ0) is 19.8. The third-order valence-corrected chi connectivity index (χ3v) is 4.31. The first-order valence-corrected chi connectivity index (χ1v) is 9.20. The molecule has 27 heavy (non-hydrogen) atoms. The lowest BCUT2D eigenvalue weighted by Gasteiger charge is -2.30. The van der Waals surface area contributed by atoms with Crippen LogP contribution in [0.5, 0.6) is 0 Å². The van der Waals surface area contributed by atoms with Gasteiger partial charge in [-0.1, -0.05) is 56.3 Å². The number of nitrogens with one attached hydrogen (secondary N) is 1. The molecule has 0 aromatic heterocycles. The first-order chi connectivity index (χ1) is 12.9. The summed E-state index contributed by atoms with van der Waals surface area (Å²) < 4.78 is 13.2. The number of carbonyl (C=O) groups excluding carboxylic acids is 2. The Kier molecular flexibility index (Phi) is 7.53. The molecule has 2 aromatic rings. The Morgan fingerprint density at radius 1 is 1.00 bits per heavy atom. The van der Waals surface area contributed by atoms with E-state index in [2.05, 4.69) is 5.32 Å². The van der Waals surface area contributed by atoms with Crippen LogP contribution in [0.15, 0.2) is 54.6 Å². The van der Waals surface area contributed by atoms with E-state index >= 15 is 0 Å². The quantitative estimate of drug-likeness (QED) is 0.772. The molecule has 0 aliphatic heterocycles. The highest BCUT2D eigenvalue weighted by Crippen LogP contribution is 2.15. The predicted octanol–water partition coefficient (Wildman–Crippen LogP) is 3.56. The van der Waals surface area contributed by atoms with Gasteiger partial charge in [0, 0.05) is 26.4 Å². The van der Waals surface area contributed by atoms with Crippen LogP contribution in [0, 0.1) is 11.7 Å². The van der Waals surface area contributed by atoms with E-state index in [4.69, 9.17) is 0 Å². The molecule has 0 saturated carbocycles. The molecule has 0 unspecified atom stereocenters. The number of rotatable bonds is 8. The number of nitrogens with zero attached hydrogens (tertiary/aromatic N) is 1. The number of benzene rings is 2. The monoisotopic (exact) mass is 370 g/mol. The van der Waals surface area contributed by atoms with Gasteiger partial charge in [0.05, 0.1) is 0 Å². The third kappa shape index (κ3) is 6.51. The summed E-state index contributed by atoms with van der Waals surface area (Å²) >= 11 is 0. The van der Waals surface area contributed by atoms with Crippen LogP contribution in [0.4, 0.5) is 4.39 Å². The van der Waals surface area contributed by atoms with Crippen molar-refractivity contribution < 1.29 is 14.0 Å². The van der Waals surface area contributed by atoms with Crippen LogP contribution in [-0.2, 0) is 22.6 Å². The first-order valence-electron chi connectivity index (χ1n) is 9.20. The fourth-order valence-corrected chi connectivity index (χ4v) is 2.83. The minimum atomic E-state index is -0.631. The lowest BCUT2D eigenvalue weighted by molar-refractivity contribution is -0.139. The fraction of sp³-hybridized carbons (Fsp3) is 0.364. The van der Waals surface area contributed by atoms with Crippen molar-refractivity contribution in [1.29, 1.82) is 0 Å². The van der Waals surface area contributed by atoms with E-state index in [0.29, 0.717) is 18.9 Å². The SMILES string of the molecule is CC(=O)N(Cc1ccc(F)cc1)[C@@H](Cc1ccccc1)C(=O)NCC(C)C. The molecule has 0 spiro atoms. The van der Waals surface area contributed by atoms with E-state index in [1.165, 1.54) is 19.1 Å². The Labute approximate surface area is 160 Å². The number of amides is 2. The van der Waals surface area contributed by atoms with Gasteiger partial charge in [-0.25, -0.2) is 4.39 Å². The minimum absolute atomic E-state index is 0.176. The Balaban J connectivity index is 2.26. The maximum Gasteiger partial charge on any atom is 0.243 e. The van der Waals surface area contributed by atoms with E-state index in [1.54, 1.807) is 17.0 Å². The second-order valence-corrected chi connectivity index (χ2v) is 7.12. The van der Waals surface area contributed by atoms with Crippen molar-refractivity contribution in [3.63, 3.8) is 0 Å². The Morgan fingerprint density at radius 2 is 1.63 bits per heavy atom. The molecule has 1 atom stereocenters. The maximum absolute atomic E-state index is 13.2. The second kappa shape index (κ2) is 9.86. The zero-order valence-electron chi connectivity index (χ0n) is 16.1. The summed E-state index contributed by atoms with van der Waals surface area (Å²) in [6, 6.07) is 15.0. The number of carbonyl (C=O) groups is 2. The van der Waals surface area contributed by atoms with Gasteiger partial charge in [-0.2, -0.15) is 0 Å². The van der Waals surface area contributed by atoms with Crippen molar-refractivity contribution in [3.05, 3.63) is 71.5 Å². The summed E-state index contributed by atoms with van der Waals surface area (Å²) in [5.41, 5.74) is 1.76. The van der Waals surface area contributed by atoms with Crippen molar-refractivity contribution in [1.82, 2.24) is 10.2 Å². The molecule has 2 rings (SSSR count). The Hall–Kier alpha value is -2.69. The van der Waals surface area contributed by atoms with Crippen molar-refractivity contribution in [2.75, 3.05) is 6.54 Å². The lowest BCUT2D eigenvalue weighted by Crippen LogP contribution is -2.50. The summed E-state index contributed by atoms with van der Waals surface area (Å²) in [6.07, 6.45) is 0.422. The Morgan fingerprint density at radius 3 is 2.19 bits per heavy atom. The molecule has 2 aromatic carbocycles. The summed E-state index contributed by atoms with van der Waals surface area (Å²) in [5, 5.41) is 2.94. The van der Waals surface area contributed by atoms with E-state index < -0.39 is 6.04 Å². The molecule has 0 bridgehead atoms. The van der Waals surface area contributed by atoms with Gasteiger partial charge in [-0.15, -0.1) is 0 Å². The van der Waals surface area contributed by atoms with Crippen LogP contribution < -0.4 is 5.32 Å². The maximum atomic E-state index is 13.2. The van der Waals surface area contributed by atoms with Crippen LogP contribution in [0.1, 0.15) is 31.9 Å². The van der Waals surface area contributed by atoms with Crippen molar-refractivity contribution in [2.45, 2.75) is 39.8 Å². The van der Waals surface area contributed by atoms with Crippen LogP contribution >= 0.6 is 0 Å². The highest BCUT2D eigenvalue weighted by atomic mass is 19.1. The molecule has 5 heteroatoms. The fourth-order valence-electron chi connectivity index (χ4n) is 2.83. The molecule has 0 aliphatic rings. The molecule has 2 amide bonds. The molecule has 0 radical (unpaired) electrons. The molecule has 0 saturated heterocycles. The standard InChI is InChI=1S/C22H27FN2O2/c1-16(2)14-24-22(27)21(13-18-7-5-4-6-8-18)25(17(3)26)15-19-9-11-20(23)12-10-19/h4-12,16,21H,13-15H2,1-3H3,(H,24,27)/t21-/m0/s1. The van der Waals surface area contributed by atoms with Gasteiger partial charge in [0.2, 0.25) is 11.8 Å². The predicted molar refractivity (Wildman–Crippen MR) is 104 cm³/mol. The van der Waals surface area contributed by atoms with Gasteiger partial charge in [0.25, 0.3) is 0 Å². The average molecular weight is 370 g/mol. The van der Waals surface area contributed by atoms with Crippen LogP contribution in [0.3, 0.4) is 0 Å². The highest BCUT2D eigenvalue weighted by Gasteiger charge is 2.28. The normalized spacial score (nSPS) is 11.9. The number of halogens is 1. The van der Waals surface area contributed by atoms with E-state index in [1.807, 2.05) is 44.2 Å². The zero-order valence-corrected chi connectivity index (χ0v) is 16.1. The third-order valence-electron chi connectivity index (χ3n) is 4.31. The highest BCUT2D eigenvalue weighted by molar-refractivity contribution is 5.87. The van der Waals surface area contributed by atoms with Gasteiger partial charge >= 0.3 is 0 Å². The molecule has 1 N–H and O–H groups in total. The smallest absolute Gasteiger partial charge is 0.243 e. The summed E-state index contributed by atoms with van der Waals surface area (Å²) in [4.78, 5) is 26.8. The number of hydrogen-bond acceptors (Lipinski definition) is 2. The largest absolute Gasteiger partial charge is 0.354 e. The minimum Gasteiger partial charge on any atom is -0.354 e. The van der Waals surface area contributed by atoms with Gasteiger partial charge in [-0.05, 0) is 29.2 Å². The molecule has 0 aliphatic carbocycles. The van der Waals surface area contributed by atoms with Gasteiger partial charge in [-0.3, -0.25) is 9.59 Å². The average Bonchev–Trinajstić information content (AvgIpc) is 2.64.